The molecule has 30 heavy (non-hydrogen) atoms. The third-order valence-electron chi connectivity index (χ3n) is 6.63. The van der Waals surface area contributed by atoms with Crippen LogP contribution in [0.4, 0.5) is 5.69 Å². The summed E-state index contributed by atoms with van der Waals surface area (Å²) in [6.45, 7) is 5.18. The molecule has 2 amide bonds. The van der Waals surface area contributed by atoms with Crippen molar-refractivity contribution in [3.8, 4) is 0 Å². The zero-order valence-electron chi connectivity index (χ0n) is 17.4. The summed E-state index contributed by atoms with van der Waals surface area (Å²) in [6.07, 6.45) is 6.82. The molecule has 1 spiro atoms. The maximum atomic E-state index is 13.5. The maximum absolute atomic E-state index is 13.5. The van der Waals surface area contributed by atoms with Crippen LogP contribution in [0.3, 0.4) is 0 Å². The number of hydrogen-bond donors (Lipinski definition) is 0. The molecule has 4 heterocycles. The van der Waals surface area contributed by atoms with Gasteiger partial charge in [-0.3, -0.25) is 9.59 Å². The average molecular weight is 406 g/mol. The van der Waals surface area contributed by atoms with Gasteiger partial charge >= 0.3 is 0 Å². The van der Waals surface area contributed by atoms with Gasteiger partial charge in [0.1, 0.15) is 5.60 Å². The van der Waals surface area contributed by atoms with Gasteiger partial charge in [0.25, 0.3) is 0 Å². The average Bonchev–Trinajstić information content (AvgIpc) is 3.50. The molecule has 2 saturated heterocycles. The number of amides is 2. The molecule has 2 bridgehead atoms. The van der Waals surface area contributed by atoms with Gasteiger partial charge in [0.15, 0.2) is 0 Å². The van der Waals surface area contributed by atoms with Crippen LogP contribution in [0.15, 0.2) is 59.4 Å². The fourth-order valence-electron chi connectivity index (χ4n) is 5.03. The van der Waals surface area contributed by atoms with Crippen molar-refractivity contribution in [3.63, 3.8) is 0 Å². The molecule has 0 aliphatic carbocycles. The predicted octanol–water partition coefficient (Wildman–Crippen LogP) is 3.35. The van der Waals surface area contributed by atoms with Crippen molar-refractivity contribution >= 4 is 17.5 Å². The standard InChI is InChI=1S/C24H26N2O4/c1-15(2)17-4-6-18(7-5-17)26-14-24-10-8-19(30-24)20(21(24)23(26)28)22(27)25(3)12-16-9-11-29-13-16/h4-11,13,15,19-21H,12,14H2,1-3H3/t19-,20?,21?,24-/m0/s1. The molecule has 3 aliphatic rings. The number of fused-ring (bicyclic) bond motifs is 1. The van der Waals surface area contributed by atoms with E-state index in [9.17, 15) is 9.59 Å². The number of furan rings is 1. The van der Waals surface area contributed by atoms with E-state index < -0.39 is 17.4 Å². The van der Waals surface area contributed by atoms with Gasteiger partial charge in [-0.05, 0) is 29.7 Å². The van der Waals surface area contributed by atoms with E-state index in [1.54, 1.807) is 29.4 Å². The Morgan fingerprint density at radius 1 is 1.27 bits per heavy atom. The second-order valence-electron chi connectivity index (χ2n) is 8.90. The molecular weight excluding hydrogens is 380 g/mol. The highest BCUT2D eigenvalue weighted by molar-refractivity contribution is 6.03. The summed E-state index contributed by atoms with van der Waals surface area (Å²) in [5.41, 5.74) is 2.29. The Labute approximate surface area is 176 Å². The van der Waals surface area contributed by atoms with Gasteiger partial charge in [0.05, 0.1) is 37.0 Å². The second kappa shape index (κ2) is 6.84. The first-order valence-corrected chi connectivity index (χ1v) is 10.4. The fraction of sp³-hybridized carbons (Fsp3) is 0.417. The fourth-order valence-corrected chi connectivity index (χ4v) is 5.03. The maximum Gasteiger partial charge on any atom is 0.234 e. The predicted molar refractivity (Wildman–Crippen MR) is 112 cm³/mol. The highest BCUT2D eigenvalue weighted by Crippen LogP contribution is 2.53. The first kappa shape index (κ1) is 19.1. The number of nitrogens with zero attached hydrogens (tertiary/aromatic N) is 2. The Morgan fingerprint density at radius 2 is 2.03 bits per heavy atom. The van der Waals surface area contributed by atoms with Crippen LogP contribution in [-0.4, -0.2) is 42.0 Å². The summed E-state index contributed by atoms with van der Waals surface area (Å²) in [4.78, 5) is 30.2. The summed E-state index contributed by atoms with van der Waals surface area (Å²) in [5, 5.41) is 0. The van der Waals surface area contributed by atoms with Gasteiger partial charge < -0.3 is 19.0 Å². The molecule has 1 aromatic carbocycles. The van der Waals surface area contributed by atoms with Crippen molar-refractivity contribution in [2.45, 2.75) is 38.0 Å². The van der Waals surface area contributed by atoms with Crippen molar-refractivity contribution in [3.05, 3.63) is 66.1 Å². The molecule has 5 rings (SSSR count). The van der Waals surface area contributed by atoms with Gasteiger partial charge in [0, 0.05) is 24.8 Å². The Bertz CT molecular complexity index is 995. The summed E-state index contributed by atoms with van der Waals surface area (Å²) >= 11 is 0. The van der Waals surface area contributed by atoms with Crippen LogP contribution in [0.5, 0.6) is 0 Å². The molecule has 3 aliphatic heterocycles. The summed E-state index contributed by atoms with van der Waals surface area (Å²) in [6, 6.07) is 9.95. The highest BCUT2D eigenvalue weighted by Gasteiger charge is 2.67. The van der Waals surface area contributed by atoms with Crippen LogP contribution in [0.25, 0.3) is 0 Å². The van der Waals surface area contributed by atoms with Crippen molar-refractivity contribution in [2.75, 3.05) is 18.5 Å². The van der Waals surface area contributed by atoms with E-state index >= 15 is 0 Å². The molecule has 2 unspecified atom stereocenters. The lowest BCUT2D eigenvalue weighted by Crippen LogP contribution is -2.44. The van der Waals surface area contributed by atoms with Gasteiger partial charge in [-0.25, -0.2) is 0 Å². The number of benzene rings is 1. The molecule has 156 valence electrons. The lowest BCUT2D eigenvalue weighted by Gasteiger charge is -2.27. The number of ether oxygens (including phenoxy) is 1. The molecule has 4 atom stereocenters. The van der Waals surface area contributed by atoms with E-state index in [-0.39, 0.29) is 17.9 Å². The molecule has 0 radical (unpaired) electrons. The van der Waals surface area contributed by atoms with E-state index in [0.29, 0.717) is 19.0 Å². The van der Waals surface area contributed by atoms with Crippen LogP contribution < -0.4 is 4.90 Å². The second-order valence-corrected chi connectivity index (χ2v) is 8.90. The molecule has 0 N–H and O–H groups in total. The Morgan fingerprint density at radius 3 is 2.70 bits per heavy atom. The quantitative estimate of drug-likeness (QED) is 0.715. The van der Waals surface area contributed by atoms with E-state index in [4.69, 9.17) is 9.15 Å². The molecule has 2 fully saturated rings. The first-order chi connectivity index (χ1) is 14.4. The topological polar surface area (TPSA) is 63.0 Å². The number of carbonyl (C=O) groups excluding carboxylic acids is 2. The minimum absolute atomic E-state index is 0.0331. The largest absolute Gasteiger partial charge is 0.472 e. The van der Waals surface area contributed by atoms with Crippen molar-refractivity contribution < 1.29 is 18.7 Å². The SMILES string of the molecule is CC(C)c1ccc(N2C[C@]34C=C[C@H](O3)C(C(=O)N(C)Cc3ccoc3)C4C2=O)cc1. The van der Waals surface area contributed by atoms with Crippen LogP contribution in [0.2, 0.25) is 0 Å². The molecule has 6 nitrogen and oxygen atoms in total. The van der Waals surface area contributed by atoms with Crippen molar-refractivity contribution in [1.82, 2.24) is 4.90 Å². The third-order valence-corrected chi connectivity index (χ3v) is 6.63. The van der Waals surface area contributed by atoms with Crippen LogP contribution in [0, 0.1) is 11.8 Å². The van der Waals surface area contributed by atoms with Gasteiger partial charge in [-0.2, -0.15) is 0 Å². The lowest BCUT2D eigenvalue weighted by molar-refractivity contribution is -0.139. The van der Waals surface area contributed by atoms with E-state index in [1.165, 1.54) is 5.56 Å². The van der Waals surface area contributed by atoms with Gasteiger partial charge in [-0.1, -0.05) is 38.1 Å². The summed E-state index contributed by atoms with van der Waals surface area (Å²) in [7, 11) is 1.76. The Hall–Kier alpha value is -2.86. The van der Waals surface area contributed by atoms with Gasteiger partial charge in [0.2, 0.25) is 11.8 Å². The highest BCUT2D eigenvalue weighted by atomic mass is 16.5. The van der Waals surface area contributed by atoms with Crippen molar-refractivity contribution in [1.29, 1.82) is 0 Å². The van der Waals surface area contributed by atoms with Crippen molar-refractivity contribution in [2.24, 2.45) is 11.8 Å². The van der Waals surface area contributed by atoms with Crippen LogP contribution >= 0.6 is 0 Å². The third kappa shape index (κ3) is 2.82. The molecule has 2 aromatic rings. The summed E-state index contributed by atoms with van der Waals surface area (Å²) in [5.74, 6) is -0.658. The number of carbonyl (C=O) groups is 2. The van der Waals surface area contributed by atoms with E-state index in [1.807, 2.05) is 30.4 Å². The minimum Gasteiger partial charge on any atom is -0.472 e. The minimum atomic E-state index is -0.713. The number of rotatable bonds is 5. The Kier molecular flexibility index (Phi) is 4.36. The van der Waals surface area contributed by atoms with E-state index in [0.717, 1.165) is 11.3 Å². The zero-order chi connectivity index (χ0) is 21.0. The monoisotopic (exact) mass is 406 g/mol. The molecular formula is C24H26N2O4. The number of hydrogen-bond acceptors (Lipinski definition) is 4. The first-order valence-electron chi connectivity index (χ1n) is 10.4. The molecule has 0 saturated carbocycles. The zero-order valence-corrected chi connectivity index (χ0v) is 17.4. The lowest BCUT2D eigenvalue weighted by atomic mass is 9.76. The Balaban J connectivity index is 1.40. The van der Waals surface area contributed by atoms with E-state index in [2.05, 4.69) is 26.0 Å². The van der Waals surface area contributed by atoms with Crippen LogP contribution in [-0.2, 0) is 20.9 Å². The van der Waals surface area contributed by atoms with Crippen LogP contribution in [0.1, 0.15) is 30.9 Å². The molecule has 1 aromatic heterocycles. The smallest absolute Gasteiger partial charge is 0.234 e. The van der Waals surface area contributed by atoms with Gasteiger partial charge in [-0.15, -0.1) is 0 Å². The number of anilines is 1. The summed E-state index contributed by atoms with van der Waals surface area (Å²) < 4.78 is 11.4. The normalized spacial score (nSPS) is 29.1. The molecule has 6 heteroatoms.